The molecule has 1 aliphatic rings. The molecular formula is C18H24N2O4. The van der Waals surface area contributed by atoms with Crippen molar-refractivity contribution in [1.29, 1.82) is 0 Å². The van der Waals surface area contributed by atoms with Crippen LogP contribution in [0.2, 0.25) is 0 Å². The molecule has 0 radical (unpaired) electrons. The highest BCUT2D eigenvalue weighted by molar-refractivity contribution is 5.95. The summed E-state index contributed by atoms with van der Waals surface area (Å²) in [6.07, 6.45) is 0.396. The first-order chi connectivity index (χ1) is 11.2. The second-order valence-corrected chi connectivity index (χ2v) is 7.01. The number of rotatable bonds is 2. The molecule has 6 heteroatoms. The van der Waals surface area contributed by atoms with Crippen LogP contribution in [0.25, 0.3) is 0 Å². The summed E-state index contributed by atoms with van der Waals surface area (Å²) in [7, 11) is 0. The first-order valence-corrected chi connectivity index (χ1v) is 8.05. The fourth-order valence-electron chi connectivity index (χ4n) is 2.62. The van der Waals surface area contributed by atoms with E-state index >= 15 is 0 Å². The third kappa shape index (κ3) is 4.34. The van der Waals surface area contributed by atoms with Gasteiger partial charge < -0.3 is 14.5 Å². The highest BCUT2D eigenvalue weighted by Gasteiger charge is 2.32. The topological polar surface area (TPSA) is 66.9 Å². The highest BCUT2D eigenvalue weighted by atomic mass is 16.6. The normalized spacial score (nSPS) is 18.2. The van der Waals surface area contributed by atoms with Gasteiger partial charge in [-0.1, -0.05) is 12.1 Å². The van der Waals surface area contributed by atoms with Crippen LogP contribution in [0.1, 0.15) is 48.4 Å². The zero-order chi connectivity index (χ0) is 17.9. The van der Waals surface area contributed by atoms with E-state index in [-0.39, 0.29) is 18.0 Å². The van der Waals surface area contributed by atoms with E-state index in [1.54, 1.807) is 34.1 Å². The van der Waals surface area contributed by atoms with Gasteiger partial charge in [0.2, 0.25) is 0 Å². The predicted octanol–water partition coefficient (Wildman–Crippen LogP) is 2.58. The maximum absolute atomic E-state index is 12.6. The molecule has 1 unspecified atom stereocenters. The Morgan fingerprint density at radius 1 is 1.17 bits per heavy atom. The highest BCUT2D eigenvalue weighted by Crippen LogP contribution is 2.17. The molecule has 1 aromatic rings. The molecule has 24 heavy (non-hydrogen) atoms. The zero-order valence-corrected chi connectivity index (χ0v) is 14.6. The van der Waals surface area contributed by atoms with E-state index in [0.29, 0.717) is 30.8 Å². The molecule has 0 spiro atoms. The molecule has 0 aliphatic carbocycles. The maximum Gasteiger partial charge on any atom is 0.410 e. The molecule has 0 N–H and O–H groups in total. The second kappa shape index (κ2) is 7.03. The van der Waals surface area contributed by atoms with Crippen LogP contribution in [-0.2, 0) is 4.74 Å². The average molecular weight is 332 g/mol. The molecule has 130 valence electrons. The van der Waals surface area contributed by atoms with Gasteiger partial charge >= 0.3 is 6.09 Å². The number of amides is 2. The van der Waals surface area contributed by atoms with Gasteiger partial charge in [0, 0.05) is 36.8 Å². The number of hydrogen-bond donors (Lipinski definition) is 0. The molecule has 0 aromatic heterocycles. The lowest BCUT2D eigenvalue weighted by atomic mass is 10.1. The lowest BCUT2D eigenvalue weighted by Crippen LogP contribution is -2.56. The van der Waals surface area contributed by atoms with Crippen LogP contribution in [0, 0.1) is 0 Å². The van der Waals surface area contributed by atoms with Crippen molar-refractivity contribution < 1.29 is 19.1 Å². The van der Waals surface area contributed by atoms with Crippen LogP contribution < -0.4 is 0 Å². The summed E-state index contributed by atoms with van der Waals surface area (Å²) in [6, 6.07) is 6.43. The van der Waals surface area contributed by atoms with Crippen LogP contribution >= 0.6 is 0 Å². The van der Waals surface area contributed by atoms with Gasteiger partial charge in [0.25, 0.3) is 5.91 Å². The zero-order valence-electron chi connectivity index (χ0n) is 14.6. The van der Waals surface area contributed by atoms with Crippen LogP contribution in [-0.4, -0.2) is 59.4 Å². The minimum Gasteiger partial charge on any atom is -0.444 e. The fraction of sp³-hybridized carbons (Fsp3) is 0.500. The Bertz CT molecular complexity index is 619. The summed E-state index contributed by atoms with van der Waals surface area (Å²) in [5.41, 5.74) is 0.539. The SMILES string of the molecule is CC1CN(C(=O)c2ccc(C=O)cc2)CCN1C(=O)OC(C)(C)C. The summed E-state index contributed by atoms with van der Waals surface area (Å²) in [4.78, 5) is 38.8. The van der Waals surface area contributed by atoms with Crippen molar-refractivity contribution in [3.63, 3.8) is 0 Å². The summed E-state index contributed by atoms with van der Waals surface area (Å²) in [5.74, 6) is -0.0943. The van der Waals surface area contributed by atoms with E-state index in [2.05, 4.69) is 0 Å². The number of aldehydes is 1. The number of ether oxygens (including phenoxy) is 1. The molecule has 1 aliphatic heterocycles. The maximum atomic E-state index is 12.6. The third-order valence-electron chi connectivity index (χ3n) is 3.84. The van der Waals surface area contributed by atoms with Gasteiger partial charge in [-0.25, -0.2) is 4.79 Å². The van der Waals surface area contributed by atoms with E-state index in [0.717, 1.165) is 6.29 Å². The monoisotopic (exact) mass is 332 g/mol. The van der Waals surface area contributed by atoms with Crippen molar-refractivity contribution in [2.75, 3.05) is 19.6 Å². The smallest absolute Gasteiger partial charge is 0.410 e. The van der Waals surface area contributed by atoms with E-state index in [9.17, 15) is 14.4 Å². The lowest BCUT2D eigenvalue weighted by molar-refractivity contribution is 0.00198. The van der Waals surface area contributed by atoms with Gasteiger partial charge in [0.05, 0.1) is 0 Å². The molecule has 1 saturated heterocycles. The van der Waals surface area contributed by atoms with Crippen LogP contribution in [0.3, 0.4) is 0 Å². The van der Waals surface area contributed by atoms with Gasteiger partial charge in [-0.3, -0.25) is 9.59 Å². The van der Waals surface area contributed by atoms with E-state index in [1.807, 2.05) is 27.7 Å². The lowest BCUT2D eigenvalue weighted by Gasteiger charge is -2.40. The number of hydrogen-bond acceptors (Lipinski definition) is 4. The van der Waals surface area contributed by atoms with Crippen molar-refractivity contribution >= 4 is 18.3 Å². The minimum absolute atomic E-state index is 0.0943. The average Bonchev–Trinajstić information content (AvgIpc) is 2.52. The number of piperazine rings is 1. The summed E-state index contributed by atoms with van der Waals surface area (Å²) in [5, 5.41) is 0. The van der Waals surface area contributed by atoms with Gasteiger partial charge in [0.15, 0.2) is 0 Å². The van der Waals surface area contributed by atoms with Crippen molar-refractivity contribution in [2.24, 2.45) is 0 Å². The Balaban J connectivity index is 2.00. The van der Waals surface area contributed by atoms with Gasteiger partial charge in [0.1, 0.15) is 11.9 Å². The van der Waals surface area contributed by atoms with Crippen LogP contribution in [0.4, 0.5) is 4.79 Å². The van der Waals surface area contributed by atoms with E-state index < -0.39 is 5.60 Å². The number of nitrogens with zero attached hydrogens (tertiary/aromatic N) is 2. The molecule has 1 aromatic carbocycles. The van der Waals surface area contributed by atoms with Crippen molar-refractivity contribution in [2.45, 2.75) is 39.3 Å². The van der Waals surface area contributed by atoms with Gasteiger partial charge in [-0.05, 0) is 39.8 Å². The van der Waals surface area contributed by atoms with E-state index in [1.165, 1.54) is 0 Å². The molecule has 6 nitrogen and oxygen atoms in total. The predicted molar refractivity (Wildman–Crippen MR) is 90.1 cm³/mol. The number of carbonyl (C=O) groups excluding carboxylic acids is 3. The van der Waals surface area contributed by atoms with Crippen LogP contribution in [0.15, 0.2) is 24.3 Å². The molecule has 1 heterocycles. The van der Waals surface area contributed by atoms with Crippen molar-refractivity contribution in [1.82, 2.24) is 9.80 Å². The third-order valence-corrected chi connectivity index (χ3v) is 3.84. The molecular weight excluding hydrogens is 308 g/mol. The Labute approximate surface area is 142 Å². The van der Waals surface area contributed by atoms with Crippen LogP contribution in [0.5, 0.6) is 0 Å². The summed E-state index contributed by atoms with van der Waals surface area (Å²) >= 11 is 0. The standard InChI is InChI=1S/C18H24N2O4/c1-13-11-19(9-10-20(13)17(23)24-18(2,3)4)16(22)15-7-5-14(12-21)6-8-15/h5-8,12-13H,9-11H2,1-4H3. The van der Waals surface area contributed by atoms with Crippen molar-refractivity contribution in [3.8, 4) is 0 Å². The molecule has 0 saturated carbocycles. The molecule has 1 atom stereocenters. The first-order valence-electron chi connectivity index (χ1n) is 8.05. The Morgan fingerprint density at radius 2 is 1.79 bits per heavy atom. The number of benzene rings is 1. The summed E-state index contributed by atoms with van der Waals surface area (Å²) in [6.45, 7) is 8.74. The molecule has 2 rings (SSSR count). The summed E-state index contributed by atoms with van der Waals surface area (Å²) < 4.78 is 5.40. The first kappa shape index (κ1) is 18.0. The number of carbonyl (C=O) groups is 3. The molecule has 2 amide bonds. The van der Waals surface area contributed by atoms with Gasteiger partial charge in [-0.15, -0.1) is 0 Å². The Hall–Kier alpha value is -2.37. The fourth-order valence-corrected chi connectivity index (χ4v) is 2.62. The molecule has 1 fully saturated rings. The second-order valence-electron chi connectivity index (χ2n) is 7.01. The largest absolute Gasteiger partial charge is 0.444 e. The Morgan fingerprint density at radius 3 is 2.29 bits per heavy atom. The Kier molecular flexibility index (Phi) is 5.26. The van der Waals surface area contributed by atoms with Gasteiger partial charge in [-0.2, -0.15) is 0 Å². The quantitative estimate of drug-likeness (QED) is 0.781. The minimum atomic E-state index is -0.538. The van der Waals surface area contributed by atoms with E-state index in [4.69, 9.17) is 4.74 Å². The van der Waals surface area contributed by atoms with Crippen molar-refractivity contribution in [3.05, 3.63) is 35.4 Å². The molecule has 0 bridgehead atoms.